The van der Waals surface area contributed by atoms with Crippen LogP contribution in [0.5, 0.6) is 5.75 Å². The van der Waals surface area contributed by atoms with E-state index in [1.165, 1.54) is 12.8 Å². The van der Waals surface area contributed by atoms with Crippen LogP contribution in [-0.4, -0.2) is 39.8 Å². The van der Waals surface area contributed by atoms with Gasteiger partial charge in [-0.25, -0.2) is 13.4 Å². The molecule has 1 aliphatic carbocycles. The molecule has 0 amide bonds. The average molecular weight is 391 g/mol. The predicted octanol–water partition coefficient (Wildman–Crippen LogP) is 3.26. The molecule has 0 radical (unpaired) electrons. The monoisotopic (exact) mass is 391 g/mol. The molecule has 2 aromatic rings. The summed E-state index contributed by atoms with van der Waals surface area (Å²) in [5.74, 6) is 0.962. The predicted molar refractivity (Wildman–Crippen MR) is 105 cm³/mol. The van der Waals surface area contributed by atoms with E-state index in [2.05, 4.69) is 15.0 Å². The van der Waals surface area contributed by atoms with Gasteiger partial charge in [0.1, 0.15) is 11.6 Å². The Morgan fingerprint density at radius 1 is 1.11 bits per heavy atom. The Kier molecular flexibility index (Phi) is 6.52. The van der Waals surface area contributed by atoms with E-state index in [1.807, 2.05) is 0 Å². The second-order valence-corrected chi connectivity index (χ2v) is 8.14. The summed E-state index contributed by atoms with van der Waals surface area (Å²) in [5, 5.41) is 3.12. The third-order valence-corrected chi connectivity index (χ3v) is 5.75. The van der Waals surface area contributed by atoms with E-state index in [-0.39, 0.29) is 16.8 Å². The van der Waals surface area contributed by atoms with Crippen molar-refractivity contribution in [2.45, 2.75) is 36.7 Å². The van der Waals surface area contributed by atoms with Crippen molar-refractivity contribution in [1.29, 1.82) is 0 Å². The Morgan fingerprint density at radius 2 is 1.85 bits per heavy atom. The van der Waals surface area contributed by atoms with Crippen LogP contribution in [0.4, 0.5) is 11.5 Å². The summed E-state index contributed by atoms with van der Waals surface area (Å²) in [5.41, 5.74) is 0.795. The molecule has 146 valence electrons. The number of ether oxygens (including phenoxy) is 2. The highest BCUT2D eigenvalue weighted by molar-refractivity contribution is 7.92. The molecular weight excluding hydrogens is 366 g/mol. The summed E-state index contributed by atoms with van der Waals surface area (Å²) in [4.78, 5) is 4.31. The zero-order valence-electron chi connectivity index (χ0n) is 15.3. The maximum Gasteiger partial charge on any atom is 0.263 e. The molecule has 3 rings (SSSR count). The molecular formula is C19H25N3O4S. The van der Waals surface area contributed by atoms with Gasteiger partial charge in [0, 0.05) is 13.7 Å². The number of hydrogen-bond acceptors (Lipinski definition) is 6. The van der Waals surface area contributed by atoms with Crippen molar-refractivity contribution in [2.24, 2.45) is 0 Å². The number of sulfonamides is 1. The van der Waals surface area contributed by atoms with Gasteiger partial charge >= 0.3 is 0 Å². The maximum atomic E-state index is 12.5. The third kappa shape index (κ3) is 5.58. The number of pyridine rings is 1. The van der Waals surface area contributed by atoms with Gasteiger partial charge in [0.15, 0.2) is 0 Å². The van der Waals surface area contributed by atoms with Crippen LogP contribution in [0.25, 0.3) is 0 Å². The highest BCUT2D eigenvalue weighted by Gasteiger charge is 2.18. The molecule has 1 aromatic carbocycles. The van der Waals surface area contributed by atoms with Crippen molar-refractivity contribution < 1.29 is 17.9 Å². The highest BCUT2D eigenvalue weighted by Crippen LogP contribution is 2.25. The molecule has 1 saturated carbocycles. The fourth-order valence-corrected chi connectivity index (χ4v) is 3.96. The molecule has 1 aliphatic rings. The van der Waals surface area contributed by atoms with E-state index in [1.54, 1.807) is 49.7 Å². The Labute approximate surface area is 160 Å². The van der Waals surface area contributed by atoms with Crippen LogP contribution in [-0.2, 0) is 14.8 Å². The molecule has 2 N–H and O–H groups in total. The number of benzene rings is 1. The van der Waals surface area contributed by atoms with Gasteiger partial charge in [-0.3, -0.25) is 4.72 Å². The zero-order chi connectivity index (χ0) is 19.1. The number of rotatable bonds is 9. The largest absolute Gasteiger partial charge is 0.490 e. The minimum atomic E-state index is -3.70. The number of hydrogen-bond donors (Lipinski definition) is 2. The molecule has 27 heavy (non-hydrogen) atoms. The van der Waals surface area contributed by atoms with Crippen LogP contribution in [0.15, 0.2) is 47.5 Å². The van der Waals surface area contributed by atoms with Crippen LogP contribution in [0.3, 0.4) is 0 Å². The molecule has 1 heterocycles. The summed E-state index contributed by atoms with van der Waals surface area (Å²) < 4.78 is 38.4. The lowest BCUT2D eigenvalue weighted by Crippen LogP contribution is -2.14. The second kappa shape index (κ2) is 9.05. The van der Waals surface area contributed by atoms with Gasteiger partial charge in [-0.05, 0) is 62.1 Å². The Balaban J connectivity index is 1.60. The van der Waals surface area contributed by atoms with Gasteiger partial charge in [0.2, 0.25) is 0 Å². The summed E-state index contributed by atoms with van der Waals surface area (Å²) in [6, 6.07) is 9.87. The van der Waals surface area contributed by atoms with Gasteiger partial charge in [0.25, 0.3) is 10.0 Å². The van der Waals surface area contributed by atoms with E-state index in [9.17, 15) is 8.42 Å². The summed E-state index contributed by atoms with van der Waals surface area (Å²) in [7, 11) is -2.07. The first-order valence-corrected chi connectivity index (χ1v) is 10.5. The number of aromatic nitrogens is 1. The van der Waals surface area contributed by atoms with Gasteiger partial charge in [-0.15, -0.1) is 0 Å². The Morgan fingerprint density at radius 3 is 2.48 bits per heavy atom. The standard InChI is InChI=1S/C19H25N3O4S/c1-25-13-12-20-15-6-11-19(21-14-15)22-27(23,24)18-9-7-17(8-10-18)26-16-4-2-3-5-16/h6-11,14,16,20H,2-5,12-13H2,1H3,(H,21,22). The first-order chi connectivity index (χ1) is 13.1. The van der Waals surface area contributed by atoms with E-state index >= 15 is 0 Å². The topological polar surface area (TPSA) is 89.6 Å². The molecule has 0 bridgehead atoms. The highest BCUT2D eigenvalue weighted by atomic mass is 32.2. The lowest BCUT2D eigenvalue weighted by atomic mass is 10.3. The molecule has 8 heteroatoms. The number of methoxy groups -OCH3 is 1. The summed E-state index contributed by atoms with van der Waals surface area (Å²) in [6.07, 6.45) is 6.31. The fourth-order valence-electron chi connectivity index (χ4n) is 2.95. The Bertz CT molecular complexity index is 817. The van der Waals surface area contributed by atoms with E-state index < -0.39 is 10.0 Å². The fraction of sp³-hybridized carbons (Fsp3) is 0.421. The molecule has 0 aliphatic heterocycles. The third-order valence-electron chi connectivity index (χ3n) is 4.38. The first-order valence-electron chi connectivity index (χ1n) is 9.05. The molecule has 1 fully saturated rings. The quantitative estimate of drug-likeness (QED) is 0.638. The van der Waals surface area contributed by atoms with E-state index in [4.69, 9.17) is 9.47 Å². The lowest BCUT2D eigenvalue weighted by Gasteiger charge is -2.13. The number of anilines is 2. The molecule has 0 spiro atoms. The minimum Gasteiger partial charge on any atom is -0.490 e. The normalized spacial score (nSPS) is 14.9. The first kappa shape index (κ1) is 19.4. The molecule has 7 nitrogen and oxygen atoms in total. The van der Waals surface area contributed by atoms with Crippen LogP contribution >= 0.6 is 0 Å². The molecule has 0 unspecified atom stereocenters. The van der Waals surface area contributed by atoms with Gasteiger partial charge in [-0.2, -0.15) is 0 Å². The van der Waals surface area contributed by atoms with Crippen molar-refractivity contribution >= 4 is 21.5 Å². The van der Waals surface area contributed by atoms with Crippen molar-refractivity contribution in [1.82, 2.24) is 4.98 Å². The lowest BCUT2D eigenvalue weighted by molar-refractivity contribution is 0.210. The van der Waals surface area contributed by atoms with E-state index in [0.717, 1.165) is 18.5 Å². The van der Waals surface area contributed by atoms with Crippen LogP contribution < -0.4 is 14.8 Å². The van der Waals surface area contributed by atoms with Crippen molar-refractivity contribution in [2.75, 3.05) is 30.3 Å². The van der Waals surface area contributed by atoms with E-state index in [0.29, 0.717) is 18.9 Å². The SMILES string of the molecule is COCCNc1ccc(NS(=O)(=O)c2ccc(OC3CCCC3)cc2)nc1. The molecule has 0 atom stereocenters. The molecule has 1 aromatic heterocycles. The summed E-state index contributed by atoms with van der Waals surface area (Å²) in [6.45, 7) is 1.23. The van der Waals surface area contributed by atoms with Crippen LogP contribution in [0.2, 0.25) is 0 Å². The number of nitrogens with one attached hydrogen (secondary N) is 2. The summed E-state index contributed by atoms with van der Waals surface area (Å²) >= 11 is 0. The van der Waals surface area contributed by atoms with Gasteiger partial charge in [-0.1, -0.05) is 0 Å². The van der Waals surface area contributed by atoms with Crippen molar-refractivity contribution in [3.05, 3.63) is 42.6 Å². The van der Waals surface area contributed by atoms with Gasteiger partial charge < -0.3 is 14.8 Å². The van der Waals surface area contributed by atoms with Gasteiger partial charge in [0.05, 0.1) is 29.5 Å². The second-order valence-electron chi connectivity index (χ2n) is 6.45. The van der Waals surface area contributed by atoms with Crippen LogP contribution in [0.1, 0.15) is 25.7 Å². The molecule has 0 saturated heterocycles. The minimum absolute atomic E-state index is 0.172. The van der Waals surface area contributed by atoms with Crippen LogP contribution in [0, 0.1) is 0 Å². The Hall–Kier alpha value is -2.32. The van der Waals surface area contributed by atoms with Crippen molar-refractivity contribution in [3.8, 4) is 5.75 Å². The smallest absolute Gasteiger partial charge is 0.263 e. The maximum absolute atomic E-state index is 12.5. The zero-order valence-corrected chi connectivity index (χ0v) is 16.2. The average Bonchev–Trinajstić information content (AvgIpc) is 3.17. The number of nitrogens with zero attached hydrogens (tertiary/aromatic N) is 1. The van der Waals surface area contributed by atoms with Crippen molar-refractivity contribution in [3.63, 3.8) is 0 Å².